The Hall–Kier alpha value is -1.50. The lowest BCUT2D eigenvalue weighted by Crippen LogP contribution is -2.11. The maximum atomic E-state index is 12.9. The van der Waals surface area contributed by atoms with Crippen molar-refractivity contribution in [2.24, 2.45) is 0 Å². The second-order valence-corrected chi connectivity index (χ2v) is 5.58. The van der Waals surface area contributed by atoms with Gasteiger partial charge in [-0.1, -0.05) is 34.8 Å². The number of rotatable bonds is 2. The van der Waals surface area contributed by atoms with Crippen LogP contribution >= 0.6 is 34.8 Å². The van der Waals surface area contributed by atoms with E-state index in [1.807, 2.05) is 0 Å². The molecule has 2 rings (SSSR count). The van der Waals surface area contributed by atoms with Gasteiger partial charge in [0, 0.05) is 17.3 Å². The number of hydrogen-bond donors (Lipinski definition) is 0. The Morgan fingerprint density at radius 2 is 1.65 bits per heavy atom. The third-order valence-electron chi connectivity index (χ3n) is 2.89. The Balaban J connectivity index is 2.77. The molecule has 0 N–H and O–H groups in total. The van der Waals surface area contributed by atoms with Crippen LogP contribution in [-0.2, 0) is 10.9 Å². The molecular weight excluding hydrogens is 378 g/mol. The number of carbonyl (C=O) groups is 1. The molecular formula is C14H7Cl3F3NO2. The average Bonchev–Trinajstić information content (AvgIpc) is 2.48. The quantitative estimate of drug-likeness (QED) is 0.506. The molecule has 122 valence electrons. The molecule has 2 aromatic rings. The molecule has 0 aliphatic rings. The van der Waals surface area contributed by atoms with E-state index >= 15 is 0 Å². The van der Waals surface area contributed by atoms with Gasteiger partial charge in [-0.25, -0.2) is 9.78 Å². The van der Waals surface area contributed by atoms with Crippen LogP contribution in [0.25, 0.3) is 11.1 Å². The molecule has 1 aromatic carbocycles. The van der Waals surface area contributed by atoms with E-state index in [9.17, 15) is 18.0 Å². The number of hydrogen-bond acceptors (Lipinski definition) is 3. The molecule has 1 aromatic heterocycles. The highest BCUT2D eigenvalue weighted by atomic mass is 35.5. The van der Waals surface area contributed by atoms with Crippen LogP contribution in [-0.4, -0.2) is 18.1 Å². The lowest BCUT2D eigenvalue weighted by atomic mass is 10.0. The van der Waals surface area contributed by atoms with Crippen LogP contribution in [0, 0.1) is 0 Å². The summed E-state index contributed by atoms with van der Waals surface area (Å²) >= 11 is 17.7. The van der Waals surface area contributed by atoms with Gasteiger partial charge in [0.1, 0.15) is 0 Å². The van der Waals surface area contributed by atoms with Crippen LogP contribution in [0.4, 0.5) is 13.2 Å². The van der Waals surface area contributed by atoms with Crippen molar-refractivity contribution in [3.63, 3.8) is 0 Å². The summed E-state index contributed by atoms with van der Waals surface area (Å²) in [5.41, 5.74) is -1.43. The predicted molar refractivity (Wildman–Crippen MR) is 81.0 cm³/mol. The fourth-order valence-corrected chi connectivity index (χ4v) is 2.46. The normalized spacial score (nSPS) is 11.4. The Labute approximate surface area is 143 Å². The number of pyridine rings is 1. The molecule has 0 aliphatic carbocycles. The van der Waals surface area contributed by atoms with E-state index < -0.39 is 17.7 Å². The van der Waals surface area contributed by atoms with E-state index in [-0.39, 0.29) is 31.9 Å². The van der Waals surface area contributed by atoms with Crippen molar-refractivity contribution in [1.29, 1.82) is 0 Å². The third kappa shape index (κ3) is 3.71. The van der Waals surface area contributed by atoms with Crippen LogP contribution in [0.15, 0.2) is 24.4 Å². The number of carbonyl (C=O) groups excluding carboxylic acids is 1. The minimum absolute atomic E-state index is 0.0191. The first-order valence-electron chi connectivity index (χ1n) is 5.95. The zero-order valence-corrected chi connectivity index (χ0v) is 13.6. The van der Waals surface area contributed by atoms with Crippen molar-refractivity contribution in [3.05, 3.63) is 50.7 Å². The van der Waals surface area contributed by atoms with Crippen molar-refractivity contribution in [3.8, 4) is 11.1 Å². The fourth-order valence-electron chi connectivity index (χ4n) is 1.81. The summed E-state index contributed by atoms with van der Waals surface area (Å²) in [5, 5.41) is 0.213. The predicted octanol–water partition coefficient (Wildman–Crippen LogP) is 5.51. The maximum Gasteiger partial charge on any atom is 0.417 e. The van der Waals surface area contributed by atoms with Gasteiger partial charge >= 0.3 is 12.1 Å². The van der Waals surface area contributed by atoms with E-state index in [0.717, 1.165) is 13.2 Å². The first-order valence-corrected chi connectivity index (χ1v) is 7.09. The molecule has 0 radical (unpaired) electrons. The van der Waals surface area contributed by atoms with Gasteiger partial charge in [-0.2, -0.15) is 13.2 Å². The SMILES string of the molecule is COC(=O)c1ncc(C(F)(F)F)cc1-c1cc(Cl)c(Cl)cc1Cl. The number of alkyl halides is 3. The van der Waals surface area contributed by atoms with Gasteiger partial charge < -0.3 is 4.74 Å². The smallest absolute Gasteiger partial charge is 0.417 e. The van der Waals surface area contributed by atoms with Crippen LogP contribution < -0.4 is 0 Å². The summed E-state index contributed by atoms with van der Waals surface area (Å²) in [4.78, 5) is 15.3. The number of ether oxygens (including phenoxy) is 1. The second kappa shape index (κ2) is 6.55. The Morgan fingerprint density at radius 3 is 2.22 bits per heavy atom. The van der Waals surface area contributed by atoms with Gasteiger partial charge in [0.25, 0.3) is 0 Å². The molecule has 0 unspecified atom stereocenters. The molecule has 0 spiro atoms. The summed E-state index contributed by atoms with van der Waals surface area (Å²) in [7, 11) is 1.09. The minimum Gasteiger partial charge on any atom is -0.464 e. The number of methoxy groups -OCH3 is 1. The highest BCUT2D eigenvalue weighted by Gasteiger charge is 2.33. The first kappa shape index (κ1) is 17.8. The van der Waals surface area contributed by atoms with Gasteiger partial charge in [-0.3, -0.25) is 0 Å². The van der Waals surface area contributed by atoms with Crippen molar-refractivity contribution in [1.82, 2.24) is 4.98 Å². The van der Waals surface area contributed by atoms with Crippen LogP contribution in [0.2, 0.25) is 15.1 Å². The highest BCUT2D eigenvalue weighted by Crippen LogP contribution is 2.39. The molecule has 0 atom stereocenters. The van der Waals surface area contributed by atoms with Crippen LogP contribution in [0.1, 0.15) is 16.1 Å². The highest BCUT2D eigenvalue weighted by molar-refractivity contribution is 6.44. The van der Waals surface area contributed by atoms with Crippen LogP contribution in [0.5, 0.6) is 0 Å². The van der Waals surface area contributed by atoms with Gasteiger partial charge in [0.15, 0.2) is 5.69 Å². The average molecular weight is 385 g/mol. The largest absolute Gasteiger partial charge is 0.464 e. The summed E-state index contributed by atoms with van der Waals surface area (Å²) in [5.74, 6) is -0.907. The van der Waals surface area contributed by atoms with E-state index in [1.54, 1.807) is 0 Å². The zero-order chi connectivity index (χ0) is 17.4. The standard InChI is InChI=1S/C14H7Cl3F3NO2/c1-23-13(22)12-8(2-6(5-21-12)14(18,19)20)7-3-10(16)11(17)4-9(7)15/h2-5H,1H3. The molecule has 23 heavy (non-hydrogen) atoms. The molecule has 0 bridgehead atoms. The Kier molecular flexibility index (Phi) is 5.08. The van der Waals surface area contributed by atoms with Crippen LogP contribution in [0.3, 0.4) is 0 Å². The summed E-state index contributed by atoms with van der Waals surface area (Å²) < 4.78 is 43.3. The van der Waals surface area contributed by atoms with Gasteiger partial charge in [-0.15, -0.1) is 0 Å². The monoisotopic (exact) mass is 383 g/mol. The zero-order valence-electron chi connectivity index (χ0n) is 11.3. The van der Waals surface area contributed by atoms with Crippen molar-refractivity contribution >= 4 is 40.8 Å². The molecule has 9 heteroatoms. The maximum absolute atomic E-state index is 12.9. The van der Waals surface area contributed by atoms with Crippen molar-refractivity contribution < 1.29 is 22.7 Å². The van der Waals surface area contributed by atoms with E-state index in [4.69, 9.17) is 34.8 Å². The lowest BCUT2D eigenvalue weighted by Gasteiger charge is -2.13. The summed E-state index contributed by atoms with van der Waals surface area (Å²) in [6.07, 6.45) is -4.10. The second-order valence-electron chi connectivity index (χ2n) is 4.36. The molecule has 0 saturated heterocycles. The van der Waals surface area contributed by atoms with E-state index in [0.29, 0.717) is 6.20 Å². The Morgan fingerprint density at radius 1 is 1.04 bits per heavy atom. The number of aromatic nitrogens is 1. The third-order valence-corrected chi connectivity index (χ3v) is 3.93. The minimum atomic E-state index is -4.64. The number of halogens is 6. The molecule has 3 nitrogen and oxygen atoms in total. The van der Waals surface area contributed by atoms with Crippen molar-refractivity contribution in [2.45, 2.75) is 6.18 Å². The molecule has 0 fully saturated rings. The number of nitrogens with zero attached hydrogens (tertiary/aromatic N) is 1. The molecule has 0 saturated carbocycles. The van der Waals surface area contributed by atoms with Gasteiger partial charge in [0.05, 0.1) is 27.7 Å². The topological polar surface area (TPSA) is 39.2 Å². The molecule has 0 amide bonds. The lowest BCUT2D eigenvalue weighted by molar-refractivity contribution is -0.137. The van der Waals surface area contributed by atoms with Gasteiger partial charge in [0.2, 0.25) is 0 Å². The number of benzene rings is 1. The summed E-state index contributed by atoms with van der Waals surface area (Å²) in [6.45, 7) is 0. The van der Waals surface area contributed by atoms with E-state index in [1.165, 1.54) is 12.1 Å². The van der Waals surface area contributed by atoms with Crippen molar-refractivity contribution in [2.75, 3.05) is 7.11 Å². The number of esters is 1. The molecule has 0 aliphatic heterocycles. The van der Waals surface area contributed by atoms with Gasteiger partial charge in [-0.05, 0) is 18.2 Å². The van der Waals surface area contributed by atoms with E-state index in [2.05, 4.69) is 9.72 Å². The first-order chi connectivity index (χ1) is 10.6. The molecule has 1 heterocycles. The fraction of sp³-hybridized carbons (Fsp3) is 0.143. The summed E-state index contributed by atoms with van der Waals surface area (Å²) in [6, 6.07) is 3.28. The Bertz CT molecular complexity index is 779.